The van der Waals surface area contributed by atoms with Gasteiger partial charge in [-0.2, -0.15) is 0 Å². The van der Waals surface area contributed by atoms with Crippen LogP contribution < -0.4 is 0 Å². The van der Waals surface area contributed by atoms with Crippen LogP contribution in [0.2, 0.25) is 0 Å². The Balaban J connectivity index is 1.43. The molecule has 0 atom stereocenters. The lowest BCUT2D eigenvalue weighted by Gasteiger charge is -1.97. The zero-order valence-corrected chi connectivity index (χ0v) is 16.0. The predicted octanol–water partition coefficient (Wildman–Crippen LogP) is 4.59. The molecule has 0 N–H and O–H groups in total. The van der Waals surface area contributed by atoms with Crippen molar-refractivity contribution in [3.63, 3.8) is 0 Å². The maximum Gasteiger partial charge on any atom is 0.264 e. The fraction of sp³-hybridized carbons (Fsp3) is 0.211. The van der Waals surface area contributed by atoms with E-state index in [1.54, 1.807) is 6.20 Å². The maximum atomic E-state index is 5.83. The molecule has 0 unspecified atom stereocenters. The van der Waals surface area contributed by atoms with E-state index in [1.807, 2.05) is 36.0 Å². The molecule has 0 bridgehead atoms. The summed E-state index contributed by atoms with van der Waals surface area (Å²) >= 11 is 3.44. The van der Waals surface area contributed by atoms with E-state index in [1.165, 1.54) is 5.56 Å². The first-order valence-corrected chi connectivity index (χ1v) is 9.04. The van der Waals surface area contributed by atoms with Crippen molar-refractivity contribution in [2.45, 2.75) is 19.8 Å². The molecule has 7 heteroatoms. The van der Waals surface area contributed by atoms with Crippen LogP contribution in [0.3, 0.4) is 0 Å². The van der Waals surface area contributed by atoms with Crippen LogP contribution in [0.25, 0.3) is 22.9 Å². The molecule has 0 saturated heterocycles. The van der Waals surface area contributed by atoms with E-state index >= 15 is 0 Å². The van der Waals surface area contributed by atoms with Crippen molar-refractivity contribution in [1.29, 1.82) is 0 Å². The predicted molar refractivity (Wildman–Crippen MR) is 100 cm³/mol. The molecule has 0 aliphatic carbocycles. The molecule has 0 radical (unpaired) electrons. The van der Waals surface area contributed by atoms with Crippen molar-refractivity contribution >= 4 is 15.9 Å². The van der Waals surface area contributed by atoms with Crippen LogP contribution >= 0.6 is 15.9 Å². The third kappa shape index (κ3) is 3.48. The SMILES string of the molecule is Cc1ccc(-c2cnc(CCc3nnc(-c4cc(Br)cn4C)o3)o2)cc1. The first kappa shape index (κ1) is 16.8. The number of halogens is 1. The first-order chi connectivity index (χ1) is 12.6. The molecule has 0 spiro atoms. The minimum atomic E-state index is 0.501. The largest absolute Gasteiger partial charge is 0.441 e. The van der Waals surface area contributed by atoms with E-state index in [9.17, 15) is 0 Å². The van der Waals surface area contributed by atoms with Crippen molar-refractivity contribution in [2.24, 2.45) is 7.05 Å². The maximum absolute atomic E-state index is 5.83. The fourth-order valence-electron chi connectivity index (χ4n) is 2.69. The summed E-state index contributed by atoms with van der Waals surface area (Å²) < 4.78 is 14.5. The number of rotatable bonds is 5. The molecule has 26 heavy (non-hydrogen) atoms. The Hall–Kier alpha value is -2.67. The summed E-state index contributed by atoms with van der Waals surface area (Å²) in [5.74, 6) is 2.48. The van der Waals surface area contributed by atoms with E-state index in [-0.39, 0.29) is 0 Å². The smallest absolute Gasteiger partial charge is 0.264 e. The van der Waals surface area contributed by atoms with Crippen LogP contribution in [0.1, 0.15) is 17.3 Å². The van der Waals surface area contributed by atoms with Crippen molar-refractivity contribution < 1.29 is 8.83 Å². The normalized spacial score (nSPS) is 11.2. The molecule has 0 aliphatic rings. The number of hydrogen-bond acceptors (Lipinski definition) is 5. The Labute approximate surface area is 159 Å². The molecule has 132 valence electrons. The van der Waals surface area contributed by atoms with Gasteiger partial charge in [0.15, 0.2) is 11.7 Å². The van der Waals surface area contributed by atoms with Gasteiger partial charge in [0.1, 0.15) is 5.69 Å². The molecule has 3 heterocycles. The number of oxazole rings is 1. The van der Waals surface area contributed by atoms with E-state index < -0.39 is 0 Å². The minimum Gasteiger partial charge on any atom is -0.441 e. The third-order valence-electron chi connectivity index (χ3n) is 4.10. The Morgan fingerprint density at radius 2 is 1.81 bits per heavy atom. The molecule has 1 aromatic carbocycles. The summed E-state index contributed by atoms with van der Waals surface area (Å²) in [7, 11) is 1.93. The van der Waals surface area contributed by atoms with Gasteiger partial charge < -0.3 is 13.4 Å². The summed E-state index contributed by atoms with van der Waals surface area (Å²) in [4.78, 5) is 4.35. The van der Waals surface area contributed by atoms with Crippen LogP contribution in [-0.2, 0) is 19.9 Å². The van der Waals surface area contributed by atoms with Gasteiger partial charge in [0.05, 0.1) is 6.20 Å². The van der Waals surface area contributed by atoms with Gasteiger partial charge in [-0.25, -0.2) is 4.98 Å². The molecule has 4 rings (SSSR count). The zero-order chi connectivity index (χ0) is 18.1. The number of aryl methyl sites for hydroxylation is 4. The molecule has 4 aromatic rings. The minimum absolute atomic E-state index is 0.501. The molecule has 0 fully saturated rings. The van der Waals surface area contributed by atoms with Crippen molar-refractivity contribution in [3.05, 3.63) is 64.5 Å². The highest BCUT2D eigenvalue weighted by molar-refractivity contribution is 9.10. The van der Waals surface area contributed by atoms with Crippen LogP contribution in [0.15, 0.2) is 56.0 Å². The second-order valence-corrected chi connectivity index (χ2v) is 7.06. The standard InChI is InChI=1S/C19H17BrN4O2/c1-12-3-5-13(6-4-12)16-10-21-17(25-16)7-8-18-22-23-19(26-18)15-9-14(20)11-24(15)2/h3-6,9-11H,7-8H2,1-2H3. The monoisotopic (exact) mass is 412 g/mol. The summed E-state index contributed by atoms with van der Waals surface area (Å²) in [6.07, 6.45) is 4.87. The van der Waals surface area contributed by atoms with E-state index in [4.69, 9.17) is 8.83 Å². The van der Waals surface area contributed by atoms with Crippen molar-refractivity contribution in [3.8, 4) is 22.9 Å². The first-order valence-electron chi connectivity index (χ1n) is 8.25. The Morgan fingerprint density at radius 1 is 1.04 bits per heavy atom. The number of aromatic nitrogens is 4. The van der Waals surface area contributed by atoms with Crippen LogP contribution in [0, 0.1) is 6.92 Å². The van der Waals surface area contributed by atoms with Crippen molar-refractivity contribution in [1.82, 2.24) is 19.7 Å². The molecular weight excluding hydrogens is 396 g/mol. The van der Waals surface area contributed by atoms with Gasteiger partial charge in [-0.15, -0.1) is 10.2 Å². The number of hydrogen-bond donors (Lipinski definition) is 0. The van der Waals surface area contributed by atoms with Gasteiger partial charge in [0.25, 0.3) is 5.89 Å². The molecule has 0 amide bonds. The van der Waals surface area contributed by atoms with Crippen LogP contribution in [-0.4, -0.2) is 19.7 Å². The molecule has 0 saturated carbocycles. The molecule has 3 aromatic heterocycles. The van der Waals surface area contributed by atoms with E-state index in [0.717, 1.165) is 21.5 Å². The average Bonchev–Trinajstić information content (AvgIpc) is 3.33. The van der Waals surface area contributed by atoms with Gasteiger partial charge in [-0.1, -0.05) is 29.8 Å². The van der Waals surface area contributed by atoms with Crippen LogP contribution in [0.5, 0.6) is 0 Å². The Bertz CT molecular complexity index is 1030. The third-order valence-corrected chi connectivity index (χ3v) is 4.53. The molecular formula is C19H17BrN4O2. The van der Waals surface area contributed by atoms with Gasteiger partial charge in [0, 0.05) is 36.1 Å². The van der Waals surface area contributed by atoms with Gasteiger partial charge in [0.2, 0.25) is 5.89 Å². The van der Waals surface area contributed by atoms with Gasteiger partial charge in [-0.3, -0.25) is 0 Å². The summed E-state index contributed by atoms with van der Waals surface area (Å²) in [6.45, 7) is 2.06. The number of benzene rings is 1. The lowest BCUT2D eigenvalue weighted by Crippen LogP contribution is -1.91. The topological polar surface area (TPSA) is 69.9 Å². The second kappa shape index (κ2) is 6.92. The molecule has 0 aliphatic heterocycles. The Morgan fingerprint density at radius 3 is 2.54 bits per heavy atom. The average molecular weight is 413 g/mol. The van der Waals surface area contributed by atoms with E-state index in [2.05, 4.69) is 50.2 Å². The second-order valence-electron chi connectivity index (χ2n) is 6.14. The van der Waals surface area contributed by atoms with Gasteiger partial charge in [-0.05, 0) is 28.9 Å². The quantitative estimate of drug-likeness (QED) is 0.479. The van der Waals surface area contributed by atoms with E-state index in [0.29, 0.717) is 30.5 Å². The summed E-state index contributed by atoms with van der Waals surface area (Å²) in [6, 6.07) is 10.1. The van der Waals surface area contributed by atoms with Crippen molar-refractivity contribution in [2.75, 3.05) is 0 Å². The highest BCUT2D eigenvalue weighted by atomic mass is 79.9. The summed E-state index contributed by atoms with van der Waals surface area (Å²) in [5, 5.41) is 8.24. The molecule has 6 nitrogen and oxygen atoms in total. The highest BCUT2D eigenvalue weighted by Crippen LogP contribution is 2.24. The van der Waals surface area contributed by atoms with Gasteiger partial charge >= 0.3 is 0 Å². The fourth-order valence-corrected chi connectivity index (χ4v) is 3.21. The summed E-state index contributed by atoms with van der Waals surface area (Å²) in [5.41, 5.74) is 3.10. The lowest BCUT2D eigenvalue weighted by molar-refractivity contribution is 0.466. The zero-order valence-electron chi connectivity index (χ0n) is 14.4. The van der Waals surface area contributed by atoms with Crippen LogP contribution in [0.4, 0.5) is 0 Å². The highest BCUT2D eigenvalue weighted by Gasteiger charge is 2.14. The Kier molecular flexibility index (Phi) is 4.46. The lowest BCUT2D eigenvalue weighted by atomic mass is 10.1. The number of nitrogens with zero attached hydrogens (tertiary/aromatic N) is 4.